The first-order chi connectivity index (χ1) is 19.7. The number of Topliss-reactive ketones (excluding diaryl/α,β-unsaturated/α-hetero) is 1. The number of carbonyl (C=O) groups is 4. The molecule has 0 aliphatic heterocycles. The number of ketones is 1. The summed E-state index contributed by atoms with van der Waals surface area (Å²) in [7, 11) is 0. The van der Waals surface area contributed by atoms with Gasteiger partial charge in [-0.1, -0.05) is 56.3 Å². The summed E-state index contributed by atoms with van der Waals surface area (Å²) in [5, 5.41) is 9.16. The molecule has 2 heterocycles. The molecule has 212 valence electrons. The van der Waals surface area contributed by atoms with Crippen molar-refractivity contribution in [2.24, 2.45) is 5.92 Å². The topological polar surface area (TPSA) is 117 Å². The number of thiophene rings is 1. The highest BCUT2D eigenvalue weighted by Crippen LogP contribution is 2.25. The molecule has 2 atom stereocenters. The average molecular weight is 571 g/mol. The smallest absolute Gasteiger partial charge is 0.262 e. The second-order valence-electron chi connectivity index (χ2n) is 10.4. The molecule has 2 aromatic heterocycles. The Bertz CT molecular complexity index is 1500. The number of fused-ring (bicyclic) bond motifs is 1. The van der Waals surface area contributed by atoms with Crippen LogP contribution in [0.2, 0.25) is 0 Å². The van der Waals surface area contributed by atoms with Gasteiger partial charge >= 0.3 is 0 Å². The minimum atomic E-state index is -0.842. The first-order valence-corrected chi connectivity index (χ1v) is 14.4. The Labute approximate surface area is 243 Å². The molecule has 0 saturated carbocycles. The number of nitrogens with zero attached hydrogens (tertiary/aromatic N) is 1. The third-order valence-corrected chi connectivity index (χ3v) is 7.65. The molecule has 0 spiro atoms. The van der Waals surface area contributed by atoms with Gasteiger partial charge in [0.05, 0.1) is 29.6 Å². The molecule has 0 aliphatic rings. The van der Waals surface area contributed by atoms with Gasteiger partial charge in [0.2, 0.25) is 11.8 Å². The van der Waals surface area contributed by atoms with E-state index in [0.717, 1.165) is 26.9 Å². The van der Waals surface area contributed by atoms with Crippen LogP contribution in [0.3, 0.4) is 0 Å². The molecule has 4 rings (SSSR count). The van der Waals surface area contributed by atoms with Gasteiger partial charge in [0.1, 0.15) is 6.04 Å². The summed E-state index contributed by atoms with van der Waals surface area (Å²) in [4.78, 5) is 56.2. The van der Waals surface area contributed by atoms with E-state index in [2.05, 4.69) is 20.9 Å². The minimum absolute atomic E-state index is 0.106. The van der Waals surface area contributed by atoms with Crippen molar-refractivity contribution in [3.05, 3.63) is 89.4 Å². The van der Waals surface area contributed by atoms with Crippen LogP contribution in [0, 0.1) is 5.92 Å². The van der Waals surface area contributed by atoms with Crippen LogP contribution in [-0.4, -0.2) is 47.1 Å². The van der Waals surface area contributed by atoms with Crippen LogP contribution in [0.4, 0.5) is 0 Å². The van der Waals surface area contributed by atoms with Gasteiger partial charge in [0.15, 0.2) is 5.78 Å². The number of nitrogens with one attached hydrogen (secondary N) is 3. The van der Waals surface area contributed by atoms with E-state index < -0.39 is 18.0 Å². The van der Waals surface area contributed by atoms with Crippen molar-refractivity contribution in [2.75, 3.05) is 6.54 Å². The van der Waals surface area contributed by atoms with Gasteiger partial charge in [-0.2, -0.15) is 0 Å². The maximum atomic E-state index is 13.1. The van der Waals surface area contributed by atoms with E-state index in [4.69, 9.17) is 0 Å². The Morgan fingerprint density at radius 2 is 1.66 bits per heavy atom. The molecule has 8 nitrogen and oxygen atoms in total. The van der Waals surface area contributed by atoms with Crippen LogP contribution in [0.1, 0.15) is 42.4 Å². The monoisotopic (exact) mass is 570 g/mol. The highest BCUT2D eigenvalue weighted by atomic mass is 32.1. The number of aromatic nitrogens is 1. The van der Waals surface area contributed by atoms with Crippen LogP contribution in [0.25, 0.3) is 21.3 Å². The summed E-state index contributed by atoms with van der Waals surface area (Å²) in [5.41, 5.74) is 2.51. The number of carbonyl (C=O) groups excluding carboxylic acids is 4. The quantitative estimate of drug-likeness (QED) is 0.231. The van der Waals surface area contributed by atoms with Gasteiger partial charge in [-0.25, -0.2) is 0 Å². The molecule has 3 N–H and O–H groups in total. The van der Waals surface area contributed by atoms with Crippen LogP contribution >= 0.6 is 11.3 Å². The fraction of sp³-hybridized carbons (Fsp3) is 0.281. The third kappa shape index (κ3) is 8.31. The molecule has 0 aliphatic carbocycles. The number of pyridine rings is 1. The Morgan fingerprint density at radius 1 is 0.878 bits per heavy atom. The van der Waals surface area contributed by atoms with Crippen LogP contribution in [0.5, 0.6) is 0 Å². The molecule has 0 fully saturated rings. The van der Waals surface area contributed by atoms with Crippen molar-refractivity contribution >= 4 is 44.9 Å². The largest absolute Gasteiger partial charge is 0.349 e. The van der Waals surface area contributed by atoms with Crippen molar-refractivity contribution < 1.29 is 19.2 Å². The number of hydrogen-bond acceptors (Lipinski definition) is 6. The van der Waals surface area contributed by atoms with E-state index >= 15 is 0 Å². The number of hydrogen-bond donors (Lipinski definition) is 3. The number of benzene rings is 2. The zero-order chi connectivity index (χ0) is 29.4. The second kappa shape index (κ2) is 13.8. The lowest BCUT2D eigenvalue weighted by atomic mass is 10.0. The SMILES string of the molecule is CC(C)C[C@H](NC(=O)c1cc2ccccc2s1)C(=O)NC(C)C(=O)CNC(=O)Cc1cccc(-c2ccccn2)c1. The first-order valence-electron chi connectivity index (χ1n) is 13.6. The molecule has 4 aromatic rings. The fourth-order valence-electron chi connectivity index (χ4n) is 4.38. The van der Waals surface area contributed by atoms with Crippen molar-refractivity contribution in [2.45, 2.75) is 45.7 Å². The van der Waals surface area contributed by atoms with Crippen LogP contribution in [0.15, 0.2) is 79.0 Å². The maximum Gasteiger partial charge on any atom is 0.262 e. The summed E-state index contributed by atoms with van der Waals surface area (Å²) in [6.45, 7) is 5.27. The minimum Gasteiger partial charge on any atom is -0.349 e. The highest BCUT2D eigenvalue weighted by molar-refractivity contribution is 7.20. The van der Waals surface area contributed by atoms with Crippen molar-refractivity contribution in [1.29, 1.82) is 0 Å². The first kappa shape index (κ1) is 29.6. The Balaban J connectivity index is 1.29. The van der Waals surface area contributed by atoms with Gasteiger partial charge in [-0.15, -0.1) is 11.3 Å². The molecule has 1 unspecified atom stereocenters. The lowest BCUT2D eigenvalue weighted by Crippen LogP contribution is -2.52. The van der Waals surface area contributed by atoms with E-state index in [-0.39, 0.29) is 36.5 Å². The molecule has 2 aromatic carbocycles. The number of rotatable bonds is 12. The van der Waals surface area contributed by atoms with Crippen molar-refractivity contribution in [1.82, 2.24) is 20.9 Å². The Kier molecular flexibility index (Phi) is 9.97. The van der Waals surface area contributed by atoms with Gasteiger partial charge in [0, 0.05) is 16.5 Å². The predicted octanol–water partition coefficient (Wildman–Crippen LogP) is 4.54. The second-order valence-corrected chi connectivity index (χ2v) is 11.5. The van der Waals surface area contributed by atoms with E-state index in [1.165, 1.54) is 11.3 Å². The van der Waals surface area contributed by atoms with Crippen LogP contribution in [-0.2, 0) is 20.8 Å². The third-order valence-electron chi connectivity index (χ3n) is 6.53. The zero-order valence-electron chi connectivity index (χ0n) is 23.3. The summed E-state index contributed by atoms with van der Waals surface area (Å²) < 4.78 is 0.990. The maximum absolute atomic E-state index is 13.1. The van der Waals surface area contributed by atoms with Gasteiger partial charge in [-0.3, -0.25) is 24.2 Å². The Hall–Kier alpha value is -4.37. The highest BCUT2D eigenvalue weighted by Gasteiger charge is 2.26. The summed E-state index contributed by atoms with van der Waals surface area (Å²) in [6.07, 6.45) is 2.23. The standard InChI is InChI=1S/C32H34N4O4S/c1-20(2)15-26(36-32(40)29-18-24-10-4-5-13-28(24)41-29)31(39)35-21(3)27(37)19-34-30(38)17-22-9-8-11-23(16-22)25-12-6-7-14-33-25/h4-14,16,18,20-21,26H,15,17,19H2,1-3H3,(H,34,38)(H,35,39)(H,36,40)/t21?,26-/m0/s1. The van der Waals surface area contributed by atoms with E-state index in [1.54, 1.807) is 13.1 Å². The fourth-order valence-corrected chi connectivity index (χ4v) is 5.35. The van der Waals surface area contributed by atoms with E-state index in [1.807, 2.05) is 86.6 Å². The molecule has 3 amide bonds. The van der Waals surface area contributed by atoms with Crippen molar-refractivity contribution in [3.63, 3.8) is 0 Å². The zero-order valence-corrected chi connectivity index (χ0v) is 24.2. The molecule has 41 heavy (non-hydrogen) atoms. The predicted molar refractivity (Wildman–Crippen MR) is 162 cm³/mol. The molecule has 0 bridgehead atoms. The summed E-state index contributed by atoms with van der Waals surface area (Å²) in [5.74, 6) is -1.27. The van der Waals surface area contributed by atoms with Crippen molar-refractivity contribution in [3.8, 4) is 11.3 Å². The average Bonchev–Trinajstić information content (AvgIpc) is 3.40. The molecule has 0 radical (unpaired) electrons. The molecular formula is C32H34N4O4S. The van der Waals surface area contributed by atoms with E-state index in [9.17, 15) is 19.2 Å². The number of amides is 3. The Morgan fingerprint density at radius 3 is 2.39 bits per heavy atom. The van der Waals surface area contributed by atoms with Gasteiger partial charge < -0.3 is 16.0 Å². The summed E-state index contributed by atoms with van der Waals surface area (Å²) in [6, 6.07) is 21.0. The molecule has 9 heteroatoms. The van der Waals surface area contributed by atoms with Gasteiger partial charge in [0.25, 0.3) is 5.91 Å². The van der Waals surface area contributed by atoms with Crippen LogP contribution < -0.4 is 16.0 Å². The lowest BCUT2D eigenvalue weighted by molar-refractivity contribution is -0.129. The normalized spacial score (nSPS) is 12.5. The lowest BCUT2D eigenvalue weighted by Gasteiger charge is -2.22. The van der Waals surface area contributed by atoms with E-state index in [0.29, 0.717) is 11.3 Å². The van der Waals surface area contributed by atoms with Gasteiger partial charge in [-0.05, 0) is 60.5 Å². The molecular weight excluding hydrogens is 536 g/mol. The summed E-state index contributed by atoms with van der Waals surface area (Å²) >= 11 is 1.36. The molecule has 0 saturated heterocycles.